The van der Waals surface area contributed by atoms with Crippen molar-refractivity contribution in [2.75, 3.05) is 55.0 Å². The third-order valence-corrected chi connectivity index (χ3v) is 4.59. The summed E-state index contributed by atoms with van der Waals surface area (Å²) in [5.41, 5.74) is 3.77. The third-order valence-electron chi connectivity index (χ3n) is 4.59. The van der Waals surface area contributed by atoms with Crippen LogP contribution in [0.5, 0.6) is 0 Å². The average molecular weight is 392 g/mol. The number of hydrogen-bond acceptors (Lipinski definition) is 8. The number of rotatable bonds is 7. The molecule has 8 heteroatoms. The molecular formula is C21H24N6O2. The van der Waals surface area contributed by atoms with E-state index in [4.69, 9.17) is 9.84 Å². The summed E-state index contributed by atoms with van der Waals surface area (Å²) in [6, 6.07) is 14.0. The highest BCUT2D eigenvalue weighted by Gasteiger charge is 2.11. The maximum Gasteiger partial charge on any atom is 0.225 e. The summed E-state index contributed by atoms with van der Waals surface area (Å²) in [6.07, 6.45) is 3.49. The molecule has 1 fully saturated rings. The largest absolute Gasteiger partial charge is 0.395 e. The standard InChI is InChI=1S/C21H24N6O2/c28-11-8-23-21-25-19(16-2-1-7-22-15-16)14-20(26-21)24-17-3-5-18(6-4-17)27-9-12-29-13-10-27/h1-7,14-15,28H,8-13H2,(H2,23,24,25,26). The Balaban J connectivity index is 1.55. The highest BCUT2D eigenvalue weighted by atomic mass is 16.5. The van der Waals surface area contributed by atoms with Crippen LogP contribution in [0.4, 0.5) is 23.1 Å². The van der Waals surface area contributed by atoms with Crippen LogP contribution in [0, 0.1) is 0 Å². The molecule has 1 saturated heterocycles. The fourth-order valence-corrected chi connectivity index (χ4v) is 3.15. The zero-order chi connectivity index (χ0) is 19.9. The predicted octanol–water partition coefficient (Wildman–Crippen LogP) is 2.52. The van der Waals surface area contributed by atoms with E-state index in [-0.39, 0.29) is 6.61 Å². The van der Waals surface area contributed by atoms with Gasteiger partial charge in [0.1, 0.15) is 5.82 Å². The van der Waals surface area contributed by atoms with Crippen LogP contribution in [-0.4, -0.2) is 59.5 Å². The molecule has 0 bridgehead atoms. The van der Waals surface area contributed by atoms with Crippen molar-refractivity contribution in [2.24, 2.45) is 0 Å². The van der Waals surface area contributed by atoms with Gasteiger partial charge in [0.2, 0.25) is 5.95 Å². The lowest BCUT2D eigenvalue weighted by molar-refractivity contribution is 0.122. The summed E-state index contributed by atoms with van der Waals surface area (Å²) in [5, 5.41) is 15.5. The molecule has 0 saturated carbocycles. The van der Waals surface area contributed by atoms with Crippen molar-refractivity contribution in [3.8, 4) is 11.3 Å². The predicted molar refractivity (Wildman–Crippen MR) is 114 cm³/mol. The van der Waals surface area contributed by atoms with E-state index in [1.165, 1.54) is 5.69 Å². The number of ether oxygens (including phenoxy) is 1. The van der Waals surface area contributed by atoms with E-state index in [0.29, 0.717) is 18.3 Å². The van der Waals surface area contributed by atoms with Gasteiger partial charge in [-0.2, -0.15) is 4.98 Å². The van der Waals surface area contributed by atoms with Crippen LogP contribution in [0.15, 0.2) is 54.9 Å². The third kappa shape index (κ3) is 4.98. The quantitative estimate of drug-likeness (QED) is 0.565. The highest BCUT2D eigenvalue weighted by molar-refractivity contribution is 5.67. The minimum Gasteiger partial charge on any atom is -0.395 e. The number of nitrogens with zero attached hydrogens (tertiary/aromatic N) is 4. The number of anilines is 4. The Bertz CT molecular complexity index is 914. The van der Waals surface area contributed by atoms with E-state index < -0.39 is 0 Å². The van der Waals surface area contributed by atoms with Crippen molar-refractivity contribution in [3.05, 3.63) is 54.9 Å². The van der Waals surface area contributed by atoms with Gasteiger partial charge in [-0.3, -0.25) is 4.98 Å². The number of benzene rings is 1. The van der Waals surface area contributed by atoms with Gasteiger partial charge in [0.25, 0.3) is 0 Å². The average Bonchev–Trinajstić information content (AvgIpc) is 2.79. The van der Waals surface area contributed by atoms with Gasteiger partial charge >= 0.3 is 0 Å². The molecule has 8 nitrogen and oxygen atoms in total. The van der Waals surface area contributed by atoms with Gasteiger partial charge in [0.05, 0.1) is 25.5 Å². The summed E-state index contributed by atoms with van der Waals surface area (Å²) in [5.74, 6) is 1.12. The Morgan fingerprint density at radius 1 is 1.07 bits per heavy atom. The van der Waals surface area contributed by atoms with Crippen LogP contribution in [0.2, 0.25) is 0 Å². The molecule has 0 radical (unpaired) electrons. The maximum absolute atomic E-state index is 9.10. The molecule has 29 heavy (non-hydrogen) atoms. The second-order valence-electron chi connectivity index (χ2n) is 6.63. The monoisotopic (exact) mass is 392 g/mol. The molecular weight excluding hydrogens is 368 g/mol. The Kier molecular flexibility index (Phi) is 6.13. The molecule has 0 unspecified atom stereocenters. The van der Waals surface area contributed by atoms with Crippen molar-refractivity contribution in [2.45, 2.75) is 0 Å². The fraction of sp³-hybridized carbons (Fsp3) is 0.286. The first-order chi connectivity index (χ1) is 14.3. The van der Waals surface area contributed by atoms with Crippen molar-refractivity contribution in [3.63, 3.8) is 0 Å². The molecule has 0 aliphatic carbocycles. The van der Waals surface area contributed by atoms with E-state index in [1.807, 2.05) is 30.3 Å². The van der Waals surface area contributed by atoms with E-state index in [2.05, 4.69) is 42.6 Å². The van der Waals surface area contributed by atoms with E-state index in [1.54, 1.807) is 12.4 Å². The minimum absolute atomic E-state index is 0.00619. The Morgan fingerprint density at radius 3 is 2.62 bits per heavy atom. The van der Waals surface area contributed by atoms with Crippen molar-refractivity contribution in [1.82, 2.24) is 15.0 Å². The van der Waals surface area contributed by atoms with Gasteiger partial charge in [-0.1, -0.05) is 0 Å². The van der Waals surface area contributed by atoms with Gasteiger partial charge in [-0.05, 0) is 36.4 Å². The molecule has 1 aliphatic rings. The summed E-state index contributed by atoms with van der Waals surface area (Å²) < 4.78 is 5.42. The Morgan fingerprint density at radius 2 is 1.90 bits per heavy atom. The molecule has 3 heterocycles. The lowest BCUT2D eigenvalue weighted by Gasteiger charge is -2.28. The SMILES string of the molecule is OCCNc1nc(Nc2ccc(N3CCOCC3)cc2)cc(-c2cccnc2)n1. The fourth-order valence-electron chi connectivity index (χ4n) is 3.15. The maximum atomic E-state index is 9.10. The summed E-state index contributed by atoms with van der Waals surface area (Å²) in [4.78, 5) is 15.5. The van der Waals surface area contributed by atoms with Crippen LogP contribution in [0.3, 0.4) is 0 Å². The van der Waals surface area contributed by atoms with Crippen molar-refractivity contribution >= 4 is 23.1 Å². The second kappa shape index (κ2) is 9.31. The molecule has 0 atom stereocenters. The van der Waals surface area contributed by atoms with Crippen molar-refractivity contribution < 1.29 is 9.84 Å². The van der Waals surface area contributed by atoms with Crippen LogP contribution in [-0.2, 0) is 4.74 Å². The first kappa shape index (κ1) is 19.1. The number of aliphatic hydroxyl groups is 1. The van der Waals surface area contributed by atoms with Crippen LogP contribution < -0.4 is 15.5 Å². The van der Waals surface area contributed by atoms with Gasteiger partial charge in [0.15, 0.2) is 0 Å². The van der Waals surface area contributed by atoms with Crippen molar-refractivity contribution in [1.29, 1.82) is 0 Å². The number of nitrogens with one attached hydrogen (secondary N) is 2. The Hall–Kier alpha value is -3.23. The zero-order valence-electron chi connectivity index (χ0n) is 16.1. The summed E-state index contributed by atoms with van der Waals surface area (Å²) in [7, 11) is 0. The molecule has 3 aromatic rings. The number of morpholine rings is 1. The number of hydrogen-bond donors (Lipinski definition) is 3. The molecule has 150 valence electrons. The topological polar surface area (TPSA) is 95.4 Å². The molecule has 1 aliphatic heterocycles. The molecule has 1 aromatic carbocycles. The second-order valence-corrected chi connectivity index (χ2v) is 6.63. The number of pyridine rings is 1. The molecule has 4 rings (SSSR count). The molecule has 0 amide bonds. The molecule has 3 N–H and O–H groups in total. The van der Waals surface area contributed by atoms with Gasteiger partial charge < -0.3 is 25.4 Å². The lowest BCUT2D eigenvalue weighted by atomic mass is 10.2. The molecule has 0 spiro atoms. The Labute approximate surface area is 169 Å². The normalized spacial score (nSPS) is 13.9. The van der Waals surface area contributed by atoms with E-state index >= 15 is 0 Å². The summed E-state index contributed by atoms with van der Waals surface area (Å²) in [6.45, 7) is 3.74. The first-order valence-corrected chi connectivity index (χ1v) is 9.66. The lowest BCUT2D eigenvalue weighted by Crippen LogP contribution is -2.36. The van der Waals surface area contributed by atoms with Crippen LogP contribution in [0.25, 0.3) is 11.3 Å². The van der Waals surface area contributed by atoms with Gasteiger partial charge in [-0.15, -0.1) is 0 Å². The number of aromatic nitrogens is 3. The molecule has 2 aromatic heterocycles. The highest BCUT2D eigenvalue weighted by Crippen LogP contribution is 2.25. The van der Waals surface area contributed by atoms with Crippen LogP contribution in [0.1, 0.15) is 0 Å². The van der Waals surface area contributed by atoms with Gasteiger partial charge in [0, 0.05) is 55.0 Å². The van der Waals surface area contributed by atoms with E-state index in [9.17, 15) is 0 Å². The zero-order valence-corrected chi connectivity index (χ0v) is 16.1. The van der Waals surface area contributed by atoms with E-state index in [0.717, 1.165) is 43.2 Å². The minimum atomic E-state index is 0.00619. The number of aliphatic hydroxyl groups excluding tert-OH is 1. The van der Waals surface area contributed by atoms with Crippen LogP contribution >= 0.6 is 0 Å². The van der Waals surface area contributed by atoms with Gasteiger partial charge in [-0.25, -0.2) is 4.98 Å². The smallest absolute Gasteiger partial charge is 0.225 e. The summed E-state index contributed by atoms with van der Waals surface area (Å²) >= 11 is 0. The first-order valence-electron chi connectivity index (χ1n) is 9.66.